The fraction of sp³-hybridized carbons (Fsp3) is 0.154. The van der Waals surface area contributed by atoms with Crippen LogP contribution in [0.4, 0.5) is 10.1 Å². The number of nitrogens with zero attached hydrogens (tertiary/aromatic N) is 2. The summed E-state index contributed by atoms with van der Waals surface area (Å²) in [6.45, 7) is 1.29. The van der Waals surface area contributed by atoms with Crippen LogP contribution in [0.25, 0.3) is 0 Å². The zero-order chi connectivity index (χ0) is 14.7. The van der Waals surface area contributed by atoms with E-state index >= 15 is 0 Å². The Bertz CT molecular complexity index is 649. The third-order valence-corrected chi connectivity index (χ3v) is 2.95. The summed E-state index contributed by atoms with van der Waals surface area (Å²) in [7, 11) is 0. The second kappa shape index (κ2) is 5.83. The first-order valence-electron chi connectivity index (χ1n) is 5.74. The van der Waals surface area contributed by atoms with Crippen molar-refractivity contribution in [3.8, 4) is 0 Å². The number of carbonyl (C=O) groups is 2. The molecule has 104 valence electrons. The zero-order valence-corrected chi connectivity index (χ0v) is 11.3. The summed E-state index contributed by atoms with van der Waals surface area (Å²) in [6.07, 6.45) is 2.86. The van der Waals surface area contributed by atoms with E-state index in [0.29, 0.717) is 16.3 Å². The van der Waals surface area contributed by atoms with Crippen LogP contribution >= 0.6 is 11.6 Å². The number of anilines is 1. The molecule has 20 heavy (non-hydrogen) atoms. The molecule has 0 atom stereocenters. The maximum atomic E-state index is 13.6. The Morgan fingerprint density at radius 1 is 1.45 bits per heavy atom. The predicted molar refractivity (Wildman–Crippen MR) is 72.0 cm³/mol. The molecule has 1 amide bonds. The SMILES string of the molecule is CC(=O)C(=O)Nc1cnn(Cc2c(F)cccc2Cl)c1. The van der Waals surface area contributed by atoms with E-state index in [0.717, 1.165) is 0 Å². The van der Waals surface area contributed by atoms with E-state index in [9.17, 15) is 14.0 Å². The van der Waals surface area contributed by atoms with E-state index in [1.54, 1.807) is 6.07 Å². The van der Waals surface area contributed by atoms with Crippen LogP contribution in [0.15, 0.2) is 30.6 Å². The van der Waals surface area contributed by atoms with Crippen molar-refractivity contribution in [3.05, 3.63) is 47.0 Å². The second-order valence-electron chi connectivity index (χ2n) is 4.14. The Labute approximate surface area is 119 Å². The molecule has 0 bridgehead atoms. The molecule has 0 aliphatic heterocycles. The minimum atomic E-state index is -0.728. The summed E-state index contributed by atoms with van der Waals surface area (Å²) < 4.78 is 15.0. The predicted octanol–water partition coefficient (Wildman–Crippen LogP) is 2.25. The van der Waals surface area contributed by atoms with E-state index in [1.165, 1.54) is 36.1 Å². The lowest BCUT2D eigenvalue weighted by Crippen LogP contribution is -2.19. The van der Waals surface area contributed by atoms with Crippen LogP contribution in [0, 0.1) is 5.82 Å². The molecule has 0 spiro atoms. The van der Waals surface area contributed by atoms with Gasteiger partial charge in [0.25, 0.3) is 5.91 Å². The number of aromatic nitrogens is 2. The summed E-state index contributed by atoms with van der Waals surface area (Å²) in [6, 6.07) is 4.41. The molecule has 0 saturated carbocycles. The van der Waals surface area contributed by atoms with Gasteiger partial charge >= 0.3 is 0 Å². The van der Waals surface area contributed by atoms with Gasteiger partial charge in [-0.25, -0.2) is 4.39 Å². The van der Waals surface area contributed by atoms with Crippen LogP contribution in [-0.4, -0.2) is 21.5 Å². The molecule has 5 nitrogen and oxygen atoms in total. The first-order valence-corrected chi connectivity index (χ1v) is 6.12. The molecule has 1 aromatic heterocycles. The summed E-state index contributed by atoms with van der Waals surface area (Å²) in [4.78, 5) is 22.0. The standard InChI is InChI=1S/C13H11ClFN3O2/c1-8(19)13(20)17-9-5-16-18(6-9)7-10-11(14)3-2-4-12(10)15/h2-6H,7H2,1H3,(H,17,20). The molecule has 1 N–H and O–H groups in total. The highest BCUT2D eigenvalue weighted by Gasteiger charge is 2.11. The fourth-order valence-corrected chi connectivity index (χ4v) is 1.80. The maximum Gasteiger partial charge on any atom is 0.291 e. The summed E-state index contributed by atoms with van der Waals surface area (Å²) in [5.74, 6) is -1.76. The van der Waals surface area contributed by atoms with Crippen LogP contribution in [-0.2, 0) is 16.1 Å². The molecule has 2 aromatic rings. The van der Waals surface area contributed by atoms with Gasteiger partial charge in [0.05, 0.1) is 18.4 Å². The molecular formula is C13H11ClFN3O2. The Morgan fingerprint density at radius 2 is 2.20 bits per heavy atom. The number of halogens is 2. The van der Waals surface area contributed by atoms with Crippen LogP contribution in [0.5, 0.6) is 0 Å². The Kier molecular flexibility index (Phi) is 4.14. The largest absolute Gasteiger partial charge is 0.317 e. The van der Waals surface area contributed by atoms with Crippen LogP contribution in [0.3, 0.4) is 0 Å². The van der Waals surface area contributed by atoms with Crippen molar-refractivity contribution < 1.29 is 14.0 Å². The van der Waals surface area contributed by atoms with E-state index in [2.05, 4.69) is 10.4 Å². The monoisotopic (exact) mass is 295 g/mol. The maximum absolute atomic E-state index is 13.6. The van der Waals surface area contributed by atoms with Gasteiger partial charge in [0.1, 0.15) is 5.82 Å². The summed E-state index contributed by atoms with van der Waals surface area (Å²) in [5.41, 5.74) is 0.666. The number of rotatable bonds is 4. The van der Waals surface area contributed by atoms with Crippen molar-refractivity contribution >= 4 is 29.0 Å². The molecule has 7 heteroatoms. The van der Waals surface area contributed by atoms with Gasteiger partial charge in [-0.2, -0.15) is 5.10 Å². The Hall–Kier alpha value is -2.21. The lowest BCUT2D eigenvalue weighted by molar-refractivity contribution is -0.133. The second-order valence-corrected chi connectivity index (χ2v) is 4.54. The molecule has 0 aliphatic carbocycles. The highest BCUT2D eigenvalue weighted by molar-refractivity contribution is 6.39. The van der Waals surface area contributed by atoms with Crippen molar-refractivity contribution in [2.45, 2.75) is 13.5 Å². The van der Waals surface area contributed by atoms with E-state index in [-0.39, 0.29) is 6.54 Å². The van der Waals surface area contributed by atoms with E-state index in [4.69, 9.17) is 11.6 Å². The van der Waals surface area contributed by atoms with Gasteiger partial charge in [0.15, 0.2) is 0 Å². The third kappa shape index (κ3) is 3.21. The quantitative estimate of drug-likeness (QED) is 0.880. The third-order valence-electron chi connectivity index (χ3n) is 2.59. The van der Waals surface area contributed by atoms with Crippen molar-refractivity contribution in [2.75, 3.05) is 5.32 Å². The Morgan fingerprint density at radius 3 is 2.85 bits per heavy atom. The summed E-state index contributed by atoms with van der Waals surface area (Å²) in [5, 5.41) is 6.65. The van der Waals surface area contributed by atoms with Gasteiger partial charge in [-0.3, -0.25) is 14.3 Å². The van der Waals surface area contributed by atoms with Gasteiger partial charge in [-0.15, -0.1) is 0 Å². The van der Waals surface area contributed by atoms with Gasteiger partial charge in [0.2, 0.25) is 5.78 Å². The van der Waals surface area contributed by atoms with E-state index in [1.807, 2.05) is 0 Å². The number of hydrogen-bond donors (Lipinski definition) is 1. The molecule has 1 heterocycles. The molecule has 0 aliphatic rings. The fourth-order valence-electron chi connectivity index (χ4n) is 1.58. The number of benzene rings is 1. The highest BCUT2D eigenvalue weighted by Crippen LogP contribution is 2.20. The summed E-state index contributed by atoms with van der Waals surface area (Å²) >= 11 is 5.92. The molecule has 0 fully saturated rings. The number of ketones is 1. The first-order chi connectivity index (χ1) is 9.47. The van der Waals surface area contributed by atoms with Crippen molar-refractivity contribution in [2.24, 2.45) is 0 Å². The minimum Gasteiger partial charge on any atom is -0.317 e. The molecule has 0 unspecified atom stereocenters. The lowest BCUT2D eigenvalue weighted by atomic mass is 10.2. The van der Waals surface area contributed by atoms with Gasteiger partial charge in [-0.05, 0) is 12.1 Å². The minimum absolute atomic E-state index is 0.126. The van der Waals surface area contributed by atoms with Crippen molar-refractivity contribution in [1.82, 2.24) is 9.78 Å². The number of carbonyl (C=O) groups excluding carboxylic acids is 2. The molecule has 1 aromatic carbocycles. The van der Waals surface area contributed by atoms with Crippen LogP contribution < -0.4 is 5.32 Å². The van der Waals surface area contributed by atoms with Gasteiger partial charge in [0, 0.05) is 23.7 Å². The number of amides is 1. The van der Waals surface area contributed by atoms with Gasteiger partial charge in [-0.1, -0.05) is 17.7 Å². The number of hydrogen-bond acceptors (Lipinski definition) is 3. The zero-order valence-electron chi connectivity index (χ0n) is 10.6. The molecular weight excluding hydrogens is 285 g/mol. The number of nitrogens with one attached hydrogen (secondary N) is 1. The van der Waals surface area contributed by atoms with E-state index < -0.39 is 17.5 Å². The van der Waals surface area contributed by atoms with Crippen LogP contribution in [0.1, 0.15) is 12.5 Å². The highest BCUT2D eigenvalue weighted by atomic mass is 35.5. The topological polar surface area (TPSA) is 64.0 Å². The normalized spacial score (nSPS) is 10.3. The lowest BCUT2D eigenvalue weighted by Gasteiger charge is -2.05. The molecule has 2 rings (SSSR count). The average molecular weight is 296 g/mol. The van der Waals surface area contributed by atoms with Crippen molar-refractivity contribution in [1.29, 1.82) is 0 Å². The van der Waals surface area contributed by atoms with Crippen LogP contribution in [0.2, 0.25) is 5.02 Å². The molecule has 0 saturated heterocycles. The first kappa shape index (κ1) is 14.2. The van der Waals surface area contributed by atoms with Gasteiger partial charge < -0.3 is 5.32 Å². The number of Topliss-reactive ketones (excluding diaryl/α,β-unsaturated/α-hetero) is 1. The van der Waals surface area contributed by atoms with Crippen molar-refractivity contribution in [3.63, 3.8) is 0 Å². The average Bonchev–Trinajstić information content (AvgIpc) is 2.81. The smallest absolute Gasteiger partial charge is 0.291 e. The molecule has 0 radical (unpaired) electrons. The Balaban J connectivity index is 2.14.